The van der Waals surface area contributed by atoms with Crippen molar-refractivity contribution in [2.24, 2.45) is 0 Å². The van der Waals surface area contributed by atoms with Crippen LogP contribution >= 0.6 is 11.3 Å². The lowest BCUT2D eigenvalue weighted by Crippen LogP contribution is -2.36. The van der Waals surface area contributed by atoms with Crippen LogP contribution in [0.3, 0.4) is 0 Å². The number of rotatable bonds is 7. The number of benzene rings is 2. The van der Waals surface area contributed by atoms with Crippen LogP contribution in [-0.4, -0.2) is 24.4 Å². The van der Waals surface area contributed by atoms with Gasteiger partial charge in [-0.3, -0.25) is 9.59 Å². The second-order valence-corrected chi connectivity index (χ2v) is 7.03. The van der Waals surface area contributed by atoms with Crippen LogP contribution in [0.4, 0.5) is 5.00 Å². The maximum absolute atomic E-state index is 12.7. The first-order valence-electron chi connectivity index (χ1n) is 8.93. The van der Waals surface area contributed by atoms with Gasteiger partial charge in [-0.1, -0.05) is 48.5 Å². The number of hydrogen-bond donors (Lipinski definition) is 2. The number of carbonyl (C=O) groups excluding carboxylic acids is 3. The zero-order valence-electron chi connectivity index (χ0n) is 15.7. The van der Waals surface area contributed by atoms with Crippen molar-refractivity contribution in [3.05, 3.63) is 88.8 Å². The third kappa shape index (κ3) is 5.31. The molecule has 2 aromatic carbocycles. The van der Waals surface area contributed by atoms with Gasteiger partial charge in [0.2, 0.25) is 0 Å². The number of esters is 1. The minimum Gasteiger partial charge on any atom is -0.454 e. The maximum Gasteiger partial charge on any atom is 0.333 e. The van der Waals surface area contributed by atoms with E-state index >= 15 is 0 Å². The number of amides is 2. The molecule has 0 fully saturated rings. The average Bonchev–Trinajstić information content (AvgIpc) is 3.23. The van der Waals surface area contributed by atoms with Crippen molar-refractivity contribution in [1.82, 2.24) is 5.32 Å². The van der Waals surface area contributed by atoms with Crippen molar-refractivity contribution in [3.8, 4) is 6.07 Å². The highest BCUT2D eigenvalue weighted by Crippen LogP contribution is 2.22. The highest BCUT2D eigenvalue weighted by Gasteiger charge is 2.25. The van der Waals surface area contributed by atoms with Gasteiger partial charge in [0.25, 0.3) is 11.8 Å². The molecule has 0 bridgehead atoms. The minimum atomic E-state index is -1.08. The van der Waals surface area contributed by atoms with Gasteiger partial charge in [0.15, 0.2) is 12.6 Å². The molecule has 0 radical (unpaired) electrons. The van der Waals surface area contributed by atoms with E-state index in [2.05, 4.69) is 10.6 Å². The van der Waals surface area contributed by atoms with E-state index in [1.165, 1.54) is 11.3 Å². The van der Waals surface area contributed by atoms with E-state index in [1.54, 1.807) is 72.1 Å². The molecule has 8 heteroatoms. The Balaban J connectivity index is 1.67. The van der Waals surface area contributed by atoms with Crippen molar-refractivity contribution < 1.29 is 19.1 Å². The molecular formula is C22H17N3O4S. The summed E-state index contributed by atoms with van der Waals surface area (Å²) in [4.78, 5) is 37.3. The summed E-state index contributed by atoms with van der Waals surface area (Å²) in [6.07, 6.45) is 0. The first-order valence-corrected chi connectivity index (χ1v) is 9.81. The zero-order valence-corrected chi connectivity index (χ0v) is 16.5. The van der Waals surface area contributed by atoms with Crippen LogP contribution in [0, 0.1) is 11.3 Å². The van der Waals surface area contributed by atoms with E-state index < -0.39 is 30.4 Å². The molecule has 3 aromatic rings. The summed E-state index contributed by atoms with van der Waals surface area (Å²) in [5, 5.41) is 16.2. The lowest BCUT2D eigenvalue weighted by Gasteiger charge is -2.18. The Kier molecular flexibility index (Phi) is 6.92. The molecule has 0 aliphatic rings. The third-order valence-corrected chi connectivity index (χ3v) is 4.89. The van der Waals surface area contributed by atoms with Crippen LogP contribution in [0.1, 0.15) is 27.5 Å². The predicted molar refractivity (Wildman–Crippen MR) is 112 cm³/mol. The first kappa shape index (κ1) is 20.8. The molecule has 0 saturated carbocycles. The van der Waals surface area contributed by atoms with Crippen molar-refractivity contribution >= 4 is 34.1 Å². The van der Waals surface area contributed by atoms with Crippen LogP contribution in [0.2, 0.25) is 0 Å². The molecule has 0 spiro atoms. The zero-order chi connectivity index (χ0) is 21.3. The summed E-state index contributed by atoms with van der Waals surface area (Å²) in [5.41, 5.74) is 1.25. The lowest BCUT2D eigenvalue weighted by atomic mass is 10.1. The quantitative estimate of drug-likeness (QED) is 0.572. The molecule has 150 valence electrons. The summed E-state index contributed by atoms with van der Waals surface area (Å²) in [6.45, 7) is -0.549. The molecule has 2 N–H and O–H groups in total. The van der Waals surface area contributed by atoms with Crippen LogP contribution in [0.5, 0.6) is 0 Å². The standard InChI is InChI=1S/C22H17N3O4S/c23-13-17-11-12-30-21(17)24-18(26)14-29-22(28)19(15-7-3-1-4-8-15)25-20(27)16-9-5-2-6-10-16/h1-12,19H,14H2,(H,24,26)(H,25,27). The Morgan fingerprint density at radius 3 is 2.33 bits per heavy atom. The van der Waals surface area contributed by atoms with Crippen molar-refractivity contribution in [2.75, 3.05) is 11.9 Å². The SMILES string of the molecule is N#Cc1ccsc1NC(=O)COC(=O)C(NC(=O)c1ccccc1)c1ccccc1. The van der Waals surface area contributed by atoms with Gasteiger partial charge in [-0.15, -0.1) is 11.3 Å². The van der Waals surface area contributed by atoms with Crippen molar-refractivity contribution in [2.45, 2.75) is 6.04 Å². The highest BCUT2D eigenvalue weighted by molar-refractivity contribution is 7.14. The smallest absolute Gasteiger partial charge is 0.333 e. The molecule has 0 saturated heterocycles. The third-order valence-electron chi connectivity index (χ3n) is 4.06. The van der Waals surface area contributed by atoms with E-state index in [9.17, 15) is 14.4 Å². The molecule has 30 heavy (non-hydrogen) atoms. The van der Waals surface area contributed by atoms with E-state index in [1.807, 2.05) is 6.07 Å². The Morgan fingerprint density at radius 1 is 1.00 bits per heavy atom. The molecule has 3 rings (SSSR count). The topological polar surface area (TPSA) is 108 Å². The molecule has 0 aliphatic heterocycles. The molecule has 1 atom stereocenters. The Hall–Kier alpha value is -3.96. The Labute approximate surface area is 176 Å². The van der Waals surface area contributed by atoms with E-state index in [0.717, 1.165) is 0 Å². The maximum atomic E-state index is 12.7. The van der Waals surface area contributed by atoms with Crippen LogP contribution in [0.25, 0.3) is 0 Å². The molecule has 2 amide bonds. The molecule has 1 unspecified atom stereocenters. The van der Waals surface area contributed by atoms with Crippen molar-refractivity contribution in [1.29, 1.82) is 5.26 Å². The van der Waals surface area contributed by atoms with Gasteiger partial charge in [-0.25, -0.2) is 4.79 Å². The lowest BCUT2D eigenvalue weighted by molar-refractivity contribution is -0.149. The second kappa shape index (κ2) is 10.0. The number of ether oxygens (including phenoxy) is 1. The fraction of sp³-hybridized carbons (Fsp3) is 0.0909. The Bertz CT molecular complexity index is 1070. The van der Waals surface area contributed by atoms with Gasteiger partial charge in [0.1, 0.15) is 11.1 Å². The molecule has 7 nitrogen and oxygen atoms in total. The van der Waals surface area contributed by atoms with E-state index in [-0.39, 0.29) is 0 Å². The fourth-order valence-electron chi connectivity index (χ4n) is 2.60. The predicted octanol–water partition coefficient (Wildman–Crippen LogP) is 3.27. The van der Waals surface area contributed by atoms with E-state index in [0.29, 0.717) is 21.7 Å². The number of thiophene rings is 1. The molecule has 1 aromatic heterocycles. The summed E-state index contributed by atoms with van der Waals surface area (Å²) in [7, 11) is 0. The monoisotopic (exact) mass is 419 g/mol. The van der Waals surface area contributed by atoms with Gasteiger partial charge in [-0.2, -0.15) is 5.26 Å². The number of carbonyl (C=O) groups is 3. The van der Waals surface area contributed by atoms with Gasteiger partial charge >= 0.3 is 5.97 Å². The summed E-state index contributed by atoms with van der Waals surface area (Å²) < 4.78 is 5.14. The minimum absolute atomic E-state index is 0.331. The van der Waals surface area contributed by atoms with Gasteiger partial charge in [-0.05, 0) is 29.1 Å². The van der Waals surface area contributed by atoms with E-state index in [4.69, 9.17) is 10.00 Å². The fourth-order valence-corrected chi connectivity index (χ4v) is 3.36. The first-order chi connectivity index (χ1) is 14.6. The Morgan fingerprint density at radius 2 is 1.67 bits per heavy atom. The summed E-state index contributed by atoms with van der Waals surface area (Å²) >= 11 is 1.19. The summed E-state index contributed by atoms with van der Waals surface area (Å²) in [6, 6.07) is 19.6. The number of anilines is 1. The normalized spacial score (nSPS) is 11.0. The number of nitrogens with one attached hydrogen (secondary N) is 2. The largest absolute Gasteiger partial charge is 0.454 e. The van der Waals surface area contributed by atoms with Crippen LogP contribution in [0.15, 0.2) is 72.1 Å². The number of nitrogens with zero attached hydrogens (tertiary/aromatic N) is 1. The number of nitriles is 1. The van der Waals surface area contributed by atoms with Gasteiger partial charge in [0.05, 0.1) is 5.56 Å². The van der Waals surface area contributed by atoms with Gasteiger partial charge < -0.3 is 15.4 Å². The van der Waals surface area contributed by atoms with Crippen molar-refractivity contribution in [3.63, 3.8) is 0 Å². The average molecular weight is 419 g/mol. The molecule has 0 aliphatic carbocycles. The van der Waals surface area contributed by atoms with Gasteiger partial charge in [0, 0.05) is 5.56 Å². The summed E-state index contributed by atoms with van der Waals surface area (Å²) in [5.74, 6) is -1.79. The number of hydrogen-bond acceptors (Lipinski definition) is 6. The van der Waals surface area contributed by atoms with Crippen LogP contribution < -0.4 is 10.6 Å². The molecule has 1 heterocycles. The highest BCUT2D eigenvalue weighted by atomic mass is 32.1. The van der Waals surface area contributed by atoms with Crippen LogP contribution in [-0.2, 0) is 14.3 Å². The molecular weight excluding hydrogens is 402 g/mol. The second-order valence-electron chi connectivity index (χ2n) is 6.11.